The Morgan fingerprint density at radius 3 is 2.40 bits per heavy atom. The molecule has 6 heteroatoms. The molecule has 1 aliphatic heterocycles. The van der Waals surface area contributed by atoms with Crippen LogP contribution >= 0.6 is 0 Å². The Morgan fingerprint density at radius 2 is 1.76 bits per heavy atom. The summed E-state index contributed by atoms with van der Waals surface area (Å²) in [5, 5.41) is 0. The Labute approximate surface area is 145 Å². The number of hydrogen-bond donors (Lipinski definition) is 0. The van der Waals surface area contributed by atoms with Crippen LogP contribution in [0.1, 0.15) is 26.3 Å². The van der Waals surface area contributed by atoms with Crippen LogP contribution in [-0.4, -0.2) is 38.1 Å². The molecule has 0 aliphatic carbocycles. The van der Waals surface area contributed by atoms with E-state index >= 15 is 0 Å². The van der Waals surface area contributed by atoms with E-state index in [0.29, 0.717) is 22.4 Å². The molecule has 0 fully saturated rings. The Morgan fingerprint density at radius 1 is 1.04 bits per heavy atom. The van der Waals surface area contributed by atoms with Crippen molar-refractivity contribution in [3.05, 3.63) is 65.2 Å². The quantitative estimate of drug-likeness (QED) is 0.802. The predicted octanol–water partition coefficient (Wildman–Crippen LogP) is 2.22. The highest BCUT2D eigenvalue weighted by atomic mass is 16.5. The summed E-state index contributed by atoms with van der Waals surface area (Å²) >= 11 is 0. The maximum Gasteiger partial charge on any atom is 0.337 e. The fourth-order valence-electron chi connectivity index (χ4n) is 3.00. The lowest BCUT2D eigenvalue weighted by atomic mass is 9.91. The fourth-order valence-corrected chi connectivity index (χ4v) is 3.00. The van der Waals surface area contributed by atoms with Gasteiger partial charge in [-0.15, -0.1) is 0 Å². The molecule has 2 aromatic rings. The maximum absolute atomic E-state index is 13.0. The summed E-state index contributed by atoms with van der Waals surface area (Å²) in [5.41, 5.74) is 2.03. The molecule has 0 radical (unpaired) electrons. The standard InChI is InChI=1S/C19H17NO5/c1-24-18(22)12-8-9-15-13(10-12)11-16(19(23)25-2)20(17(15)21)14-6-4-3-5-7-14/h3-10,16H,11H2,1-2H3. The Hall–Kier alpha value is -3.15. The van der Waals surface area contributed by atoms with Gasteiger partial charge in [0.2, 0.25) is 0 Å². The molecule has 0 saturated heterocycles. The van der Waals surface area contributed by atoms with Gasteiger partial charge in [-0.1, -0.05) is 18.2 Å². The summed E-state index contributed by atoms with van der Waals surface area (Å²) in [6.45, 7) is 0. The number of fused-ring (bicyclic) bond motifs is 1. The molecule has 0 saturated carbocycles. The number of methoxy groups -OCH3 is 2. The number of ether oxygens (including phenoxy) is 2. The smallest absolute Gasteiger partial charge is 0.337 e. The van der Waals surface area contributed by atoms with Gasteiger partial charge < -0.3 is 9.47 Å². The lowest BCUT2D eigenvalue weighted by Gasteiger charge is -2.35. The first kappa shape index (κ1) is 16.7. The van der Waals surface area contributed by atoms with Crippen molar-refractivity contribution in [1.82, 2.24) is 0 Å². The Kier molecular flexibility index (Phi) is 4.52. The zero-order valence-electron chi connectivity index (χ0n) is 13.9. The van der Waals surface area contributed by atoms with Crippen LogP contribution in [0, 0.1) is 0 Å². The van der Waals surface area contributed by atoms with Crippen molar-refractivity contribution >= 4 is 23.5 Å². The average Bonchev–Trinajstić information content (AvgIpc) is 2.66. The lowest BCUT2D eigenvalue weighted by Crippen LogP contribution is -2.50. The van der Waals surface area contributed by atoms with E-state index in [4.69, 9.17) is 9.47 Å². The number of esters is 2. The van der Waals surface area contributed by atoms with Crippen molar-refractivity contribution < 1.29 is 23.9 Å². The molecule has 1 aliphatic rings. The molecule has 0 aromatic heterocycles. The van der Waals surface area contributed by atoms with E-state index in [2.05, 4.69) is 0 Å². The van der Waals surface area contributed by atoms with Gasteiger partial charge in [0, 0.05) is 17.7 Å². The molecule has 0 bridgehead atoms. The first-order valence-corrected chi connectivity index (χ1v) is 7.74. The van der Waals surface area contributed by atoms with Crippen LogP contribution in [-0.2, 0) is 20.7 Å². The monoisotopic (exact) mass is 339 g/mol. The molecular formula is C19H17NO5. The van der Waals surface area contributed by atoms with Crippen LogP contribution < -0.4 is 4.90 Å². The number of benzene rings is 2. The topological polar surface area (TPSA) is 72.9 Å². The summed E-state index contributed by atoms with van der Waals surface area (Å²) < 4.78 is 9.59. The van der Waals surface area contributed by atoms with E-state index < -0.39 is 18.0 Å². The van der Waals surface area contributed by atoms with Gasteiger partial charge in [-0.2, -0.15) is 0 Å². The minimum absolute atomic E-state index is 0.257. The molecule has 1 amide bonds. The summed E-state index contributed by atoms with van der Waals surface area (Å²) in [4.78, 5) is 38.4. The van der Waals surface area contributed by atoms with Crippen molar-refractivity contribution in [1.29, 1.82) is 0 Å². The number of amides is 1. The van der Waals surface area contributed by atoms with Crippen molar-refractivity contribution in [3.8, 4) is 0 Å². The molecule has 128 valence electrons. The molecule has 1 unspecified atom stereocenters. The maximum atomic E-state index is 13.0. The zero-order valence-corrected chi connectivity index (χ0v) is 13.9. The van der Waals surface area contributed by atoms with Crippen molar-refractivity contribution in [2.45, 2.75) is 12.5 Å². The molecule has 0 N–H and O–H groups in total. The lowest BCUT2D eigenvalue weighted by molar-refractivity contribution is -0.142. The summed E-state index contributed by atoms with van der Waals surface area (Å²) in [5.74, 6) is -1.30. The third-order valence-corrected chi connectivity index (χ3v) is 4.21. The van der Waals surface area contributed by atoms with Crippen LogP contribution in [0.4, 0.5) is 5.69 Å². The first-order chi connectivity index (χ1) is 12.1. The Balaban J connectivity index is 2.09. The third kappa shape index (κ3) is 2.98. The van der Waals surface area contributed by atoms with Gasteiger partial charge in [0.1, 0.15) is 6.04 Å². The number of rotatable bonds is 3. The van der Waals surface area contributed by atoms with E-state index in [1.165, 1.54) is 19.1 Å². The minimum atomic E-state index is -0.791. The van der Waals surface area contributed by atoms with Crippen LogP contribution in [0.15, 0.2) is 48.5 Å². The fraction of sp³-hybridized carbons (Fsp3) is 0.211. The summed E-state index contributed by atoms with van der Waals surface area (Å²) in [6.07, 6.45) is 0.257. The number of carbonyl (C=O) groups is 3. The number of hydrogen-bond acceptors (Lipinski definition) is 5. The minimum Gasteiger partial charge on any atom is -0.467 e. The molecular weight excluding hydrogens is 322 g/mol. The number of anilines is 1. The second-order valence-corrected chi connectivity index (χ2v) is 5.62. The highest BCUT2D eigenvalue weighted by Crippen LogP contribution is 2.30. The number of carbonyl (C=O) groups excluding carboxylic acids is 3. The van der Waals surface area contributed by atoms with Gasteiger partial charge in [0.15, 0.2) is 0 Å². The SMILES string of the molecule is COC(=O)c1ccc2c(c1)CC(C(=O)OC)N(c1ccccc1)C2=O. The van der Waals surface area contributed by atoms with E-state index in [-0.39, 0.29) is 12.3 Å². The van der Waals surface area contributed by atoms with Crippen LogP contribution in [0.5, 0.6) is 0 Å². The molecule has 0 spiro atoms. The average molecular weight is 339 g/mol. The second-order valence-electron chi connectivity index (χ2n) is 5.62. The third-order valence-electron chi connectivity index (χ3n) is 4.21. The first-order valence-electron chi connectivity index (χ1n) is 7.74. The number of para-hydroxylation sites is 1. The van der Waals surface area contributed by atoms with Crippen LogP contribution in [0.3, 0.4) is 0 Å². The van der Waals surface area contributed by atoms with E-state index in [9.17, 15) is 14.4 Å². The molecule has 1 atom stereocenters. The van der Waals surface area contributed by atoms with Gasteiger partial charge in [0.25, 0.3) is 5.91 Å². The van der Waals surface area contributed by atoms with E-state index in [1.54, 1.807) is 42.5 Å². The summed E-state index contributed by atoms with van der Waals surface area (Å²) in [6, 6.07) is 12.9. The van der Waals surface area contributed by atoms with E-state index in [0.717, 1.165) is 0 Å². The van der Waals surface area contributed by atoms with Crippen molar-refractivity contribution in [2.24, 2.45) is 0 Å². The molecule has 6 nitrogen and oxygen atoms in total. The normalized spacial score (nSPS) is 16.2. The number of nitrogens with zero attached hydrogens (tertiary/aromatic N) is 1. The van der Waals surface area contributed by atoms with Gasteiger partial charge in [-0.25, -0.2) is 9.59 Å². The van der Waals surface area contributed by atoms with Gasteiger partial charge >= 0.3 is 11.9 Å². The van der Waals surface area contributed by atoms with Crippen LogP contribution in [0.2, 0.25) is 0 Å². The molecule has 25 heavy (non-hydrogen) atoms. The highest BCUT2D eigenvalue weighted by molar-refractivity contribution is 6.12. The van der Waals surface area contributed by atoms with Crippen molar-refractivity contribution in [2.75, 3.05) is 19.1 Å². The van der Waals surface area contributed by atoms with Gasteiger partial charge in [-0.05, 0) is 35.9 Å². The van der Waals surface area contributed by atoms with Gasteiger partial charge in [0.05, 0.1) is 19.8 Å². The summed E-state index contributed by atoms with van der Waals surface area (Å²) in [7, 11) is 2.58. The zero-order chi connectivity index (χ0) is 18.0. The second kappa shape index (κ2) is 6.76. The predicted molar refractivity (Wildman–Crippen MR) is 90.5 cm³/mol. The van der Waals surface area contributed by atoms with Gasteiger partial charge in [-0.3, -0.25) is 9.69 Å². The molecule has 3 rings (SSSR count). The van der Waals surface area contributed by atoms with Crippen LogP contribution in [0.25, 0.3) is 0 Å². The highest BCUT2D eigenvalue weighted by Gasteiger charge is 2.38. The molecule has 1 heterocycles. The Bertz CT molecular complexity index is 831. The van der Waals surface area contributed by atoms with Crippen molar-refractivity contribution in [3.63, 3.8) is 0 Å². The van der Waals surface area contributed by atoms with E-state index in [1.807, 2.05) is 6.07 Å². The molecule has 2 aromatic carbocycles. The largest absolute Gasteiger partial charge is 0.467 e.